The number of carbonyl (C=O) groups excluding carboxylic acids is 2. The number of rotatable bonds is 3. The molecule has 1 aliphatic rings. The number of H-pyrrole nitrogens is 1. The van der Waals surface area contributed by atoms with E-state index in [0.717, 1.165) is 24.0 Å². The van der Waals surface area contributed by atoms with E-state index in [0.29, 0.717) is 34.8 Å². The summed E-state index contributed by atoms with van der Waals surface area (Å²) >= 11 is 0. The summed E-state index contributed by atoms with van der Waals surface area (Å²) in [6.45, 7) is 4.47. The SMILES string of the molecule is COc1ncc([C@H]2CC[C@H](C)CN2C(=O)C(=O)Nc2cnc(N)c3cn[nH]c23)cc1C. The molecule has 3 aromatic rings. The number of fused-ring (bicyclic) bond motifs is 1. The van der Waals surface area contributed by atoms with Gasteiger partial charge in [0, 0.05) is 18.3 Å². The van der Waals surface area contributed by atoms with Crippen LogP contribution in [-0.4, -0.2) is 50.5 Å². The maximum absolute atomic E-state index is 13.2. The van der Waals surface area contributed by atoms with Crippen LogP contribution in [0.25, 0.3) is 10.9 Å². The molecule has 1 aliphatic heterocycles. The van der Waals surface area contributed by atoms with E-state index in [1.807, 2.05) is 13.0 Å². The van der Waals surface area contributed by atoms with E-state index in [1.165, 1.54) is 12.4 Å². The first-order chi connectivity index (χ1) is 14.9. The molecule has 2 atom stereocenters. The van der Waals surface area contributed by atoms with Crippen molar-refractivity contribution >= 4 is 34.2 Å². The number of hydrogen-bond donors (Lipinski definition) is 3. The van der Waals surface area contributed by atoms with Gasteiger partial charge in [0.1, 0.15) is 5.82 Å². The summed E-state index contributed by atoms with van der Waals surface area (Å²) in [5, 5.41) is 9.96. The number of aromatic nitrogens is 4. The molecule has 10 nitrogen and oxygen atoms in total. The zero-order valence-corrected chi connectivity index (χ0v) is 17.7. The predicted molar refractivity (Wildman–Crippen MR) is 115 cm³/mol. The van der Waals surface area contributed by atoms with Gasteiger partial charge in [0.15, 0.2) is 0 Å². The van der Waals surface area contributed by atoms with E-state index < -0.39 is 11.8 Å². The number of anilines is 2. The van der Waals surface area contributed by atoms with E-state index >= 15 is 0 Å². The molecular weight excluding hydrogens is 398 g/mol. The summed E-state index contributed by atoms with van der Waals surface area (Å²) in [5.41, 5.74) is 8.47. The Morgan fingerprint density at radius 3 is 2.81 bits per heavy atom. The van der Waals surface area contributed by atoms with Gasteiger partial charge < -0.3 is 20.7 Å². The Morgan fingerprint density at radius 2 is 2.06 bits per heavy atom. The molecule has 10 heteroatoms. The lowest BCUT2D eigenvalue weighted by atomic mass is 9.90. The van der Waals surface area contributed by atoms with Gasteiger partial charge in [-0.05, 0) is 37.3 Å². The lowest BCUT2D eigenvalue weighted by molar-refractivity contribution is -0.146. The lowest BCUT2D eigenvalue weighted by Crippen LogP contribution is -2.46. The van der Waals surface area contributed by atoms with Crippen LogP contribution < -0.4 is 15.8 Å². The largest absolute Gasteiger partial charge is 0.481 e. The fourth-order valence-electron chi connectivity index (χ4n) is 4.06. The van der Waals surface area contributed by atoms with E-state index in [1.54, 1.807) is 18.2 Å². The number of amides is 2. The van der Waals surface area contributed by atoms with Crippen LogP contribution in [0.2, 0.25) is 0 Å². The molecule has 0 spiro atoms. The second kappa shape index (κ2) is 8.21. The third-order valence-corrected chi connectivity index (χ3v) is 5.67. The number of nitrogen functional groups attached to an aromatic ring is 1. The second-order valence-electron chi connectivity index (χ2n) is 7.92. The summed E-state index contributed by atoms with van der Waals surface area (Å²) in [4.78, 5) is 36.1. The number of hydrogen-bond acceptors (Lipinski definition) is 7. The second-order valence-corrected chi connectivity index (χ2v) is 7.92. The molecule has 2 amide bonds. The average molecular weight is 423 g/mol. The molecule has 4 N–H and O–H groups in total. The fourth-order valence-corrected chi connectivity index (χ4v) is 4.06. The molecule has 4 heterocycles. The van der Waals surface area contributed by atoms with Crippen molar-refractivity contribution in [2.24, 2.45) is 5.92 Å². The van der Waals surface area contributed by atoms with Gasteiger partial charge in [0.25, 0.3) is 0 Å². The topological polar surface area (TPSA) is 139 Å². The fraction of sp³-hybridized carbons (Fsp3) is 0.381. The maximum Gasteiger partial charge on any atom is 0.314 e. The predicted octanol–water partition coefficient (Wildman–Crippen LogP) is 2.19. The van der Waals surface area contributed by atoms with Crippen molar-refractivity contribution in [3.63, 3.8) is 0 Å². The summed E-state index contributed by atoms with van der Waals surface area (Å²) in [7, 11) is 1.57. The number of pyridine rings is 2. The van der Waals surface area contributed by atoms with Crippen molar-refractivity contribution in [2.45, 2.75) is 32.7 Å². The van der Waals surface area contributed by atoms with Gasteiger partial charge in [-0.2, -0.15) is 5.10 Å². The average Bonchev–Trinajstić information content (AvgIpc) is 3.26. The number of aromatic amines is 1. The molecule has 4 rings (SSSR count). The highest BCUT2D eigenvalue weighted by Crippen LogP contribution is 2.34. The molecule has 0 bridgehead atoms. The smallest absolute Gasteiger partial charge is 0.314 e. The lowest BCUT2D eigenvalue weighted by Gasteiger charge is -2.38. The Morgan fingerprint density at radius 1 is 1.26 bits per heavy atom. The van der Waals surface area contributed by atoms with E-state index in [2.05, 4.69) is 32.4 Å². The molecule has 31 heavy (non-hydrogen) atoms. The van der Waals surface area contributed by atoms with Gasteiger partial charge in [-0.25, -0.2) is 9.97 Å². The van der Waals surface area contributed by atoms with Crippen molar-refractivity contribution in [1.29, 1.82) is 0 Å². The third kappa shape index (κ3) is 3.88. The third-order valence-electron chi connectivity index (χ3n) is 5.67. The number of likely N-dealkylation sites (tertiary alicyclic amines) is 1. The van der Waals surface area contributed by atoms with Crippen molar-refractivity contribution in [2.75, 3.05) is 24.7 Å². The van der Waals surface area contributed by atoms with E-state index in [9.17, 15) is 9.59 Å². The Balaban J connectivity index is 1.59. The molecule has 0 unspecified atom stereocenters. The first-order valence-corrected chi connectivity index (χ1v) is 10.1. The quantitative estimate of drug-likeness (QED) is 0.549. The Kier molecular flexibility index (Phi) is 5.45. The van der Waals surface area contributed by atoms with Crippen molar-refractivity contribution in [1.82, 2.24) is 25.1 Å². The van der Waals surface area contributed by atoms with Crippen molar-refractivity contribution in [3.05, 3.63) is 35.8 Å². The highest BCUT2D eigenvalue weighted by Gasteiger charge is 2.35. The van der Waals surface area contributed by atoms with Gasteiger partial charge in [-0.1, -0.05) is 6.92 Å². The summed E-state index contributed by atoms with van der Waals surface area (Å²) in [6, 6.07) is 1.73. The standard InChI is InChI=1S/C21H25N7O3/c1-11-4-5-16(13-6-12(2)20(31-3)24-7-13)28(10-11)21(30)19(29)26-15-9-23-18(22)14-8-25-27-17(14)15/h6-9,11,16H,4-5,10H2,1-3H3,(H2,22,23)(H,25,27)(H,26,29)/t11-,16+/m0/s1. The molecule has 162 valence electrons. The number of nitrogens with zero attached hydrogens (tertiary/aromatic N) is 4. The van der Waals surface area contributed by atoms with Crippen LogP contribution in [0, 0.1) is 12.8 Å². The molecule has 1 fully saturated rings. The number of carbonyl (C=O) groups is 2. The molecule has 3 aromatic heterocycles. The zero-order valence-electron chi connectivity index (χ0n) is 17.7. The summed E-state index contributed by atoms with van der Waals surface area (Å²) in [5.74, 6) is -0.213. The minimum Gasteiger partial charge on any atom is -0.481 e. The molecule has 1 saturated heterocycles. The van der Waals surface area contributed by atoms with Crippen LogP contribution in [0.15, 0.2) is 24.7 Å². The molecule has 0 saturated carbocycles. The molecule has 0 radical (unpaired) electrons. The van der Waals surface area contributed by atoms with E-state index in [-0.39, 0.29) is 12.0 Å². The highest BCUT2D eigenvalue weighted by atomic mass is 16.5. The van der Waals surface area contributed by atoms with Gasteiger partial charge in [-0.15, -0.1) is 0 Å². The number of aryl methyl sites for hydroxylation is 1. The highest BCUT2D eigenvalue weighted by molar-refractivity contribution is 6.40. The number of ether oxygens (including phenoxy) is 1. The van der Waals surface area contributed by atoms with Crippen LogP contribution in [0.3, 0.4) is 0 Å². The number of nitrogens with one attached hydrogen (secondary N) is 2. The Hall–Kier alpha value is -3.69. The minimum absolute atomic E-state index is 0.233. The van der Waals surface area contributed by atoms with Gasteiger partial charge >= 0.3 is 11.8 Å². The first-order valence-electron chi connectivity index (χ1n) is 10.1. The van der Waals surface area contributed by atoms with Gasteiger partial charge in [0.05, 0.1) is 42.1 Å². The minimum atomic E-state index is -0.736. The zero-order chi connectivity index (χ0) is 22.1. The number of methoxy groups -OCH3 is 1. The number of nitrogens with two attached hydrogens (primary N) is 1. The Labute approximate surface area is 179 Å². The van der Waals surface area contributed by atoms with Crippen LogP contribution in [0.4, 0.5) is 11.5 Å². The van der Waals surface area contributed by atoms with Crippen LogP contribution >= 0.6 is 0 Å². The molecule has 0 aromatic carbocycles. The number of piperidine rings is 1. The normalized spacial score (nSPS) is 18.7. The maximum atomic E-state index is 13.2. The Bertz CT molecular complexity index is 1140. The van der Waals surface area contributed by atoms with Crippen molar-refractivity contribution in [3.8, 4) is 5.88 Å². The van der Waals surface area contributed by atoms with Gasteiger partial charge in [0.2, 0.25) is 5.88 Å². The monoisotopic (exact) mass is 423 g/mol. The summed E-state index contributed by atoms with van der Waals surface area (Å²) < 4.78 is 5.24. The molecular formula is C21H25N7O3. The van der Waals surface area contributed by atoms with Crippen LogP contribution in [-0.2, 0) is 9.59 Å². The van der Waals surface area contributed by atoms with Crippen LogP contribution in [0.1, 0.15) is 36.9 Å². The van der Waals surface area contributed by atoms with E-state index in [4.69, 9.17) is 10.5 Å². The van der Waals surface area contributed by atoms with Gasteiger partial charge in [-0.3, -0.25) is 14.7 Å². The van der Waals surface area contributed by atoms with Crippen molar-refractivity contribution < 1.29 is 14.3 Å². The first kappa shape index (κ1) is 20.6. The summed E-state index contributed by atoms with van der Waals surface area (Å²) in [6.07, 6.45) is 6.35. The van der Waals surface area contributed by atoms with Crippen LogP contribution in [0.5, 0.6) is 5.88 Å². The molecule has 0 aliphatic carbocycles.